The SMILES string of the molecule is CCCNC(c1ncccn1)c1c(Br)nnn1C. The molecule has 2 aromatic rings. The molecule has 0 spiro atoms. The van der Waals surface area contributed by atoms with Gasteiger partial charge in [0.25, 0.3) is 0 Å². The quantitative estimate of drug-likeness (QED) is 0.905. The number of nitrogens with one attached hydrogen (secondary N) is 1. The van der Waals surface area contributed by atoms with Crippen molar-refractivity contribution in [3.05, 3.63) is 34.6 Å². The summed E-state index contributed by atoms with van der Waals surface area (Å²) in [5.74, 6) is 0.719. The maximum atomic E-state index is 4.31. The van der Waals surface area contributed by atoms with E-state index in [2.05, 4.69) is 48.5 Å². The van der Waals surface area contributed by atoms with Gasteiger partial charge in [-0.2, -0.15) is 0 Å². The van der Waals surface area contributed by atoms with E-state index >= 15 is 0 Å². The van der Waals surface area contributed by atoms with Crippen molar-refractivity contribution in [1.29, 1.82) is 0 Å². The van der Waals surface area contributed by atoms with Crippen LogP contribution in [0.2, 0.25) is 0 Å². The van der Waals surface area contributed by atoms with E-state index in [4.69, 9.17) is 0 Å². The van der Waals surface area contributed by atoms with Gasteiger partial charge < -0.3 is 5.32 Å². The van der Waals surface area contributed by atoms with Crippen LogP contribution in [-0.4, -0.2) is 31.5 Å². The summed E-state index contributed by atoms with van der Waals surface area (Å²) in [5.41, 5.74) is 0.926. The zero-order chi connectivity index (χ0) is 13.0. The summed E-state index contributed by atoms with van der Waals surface area (Å²) in [4.78, 5) is 8.61. The second-order valence-corrected chi connectivity index (χ2v) is 4.63. The van der Waals surface area contributed by atoms with E-state index in [0.717, 1.165) is 24.5 Å². The van der Waals surface area contributed by atoms with Crippen LogP contribution in [-0.2, 0) is 7.05 Å². The minimum atomic E-state index is -0.111. The normalized spacial score (nSPS) is 12.6. The summed E-state index contributed by atoms with van der Waals surface area (Å²) in [6, 6.07) is 1.69. The molecule has 7 heteroatoms. The molecule has 0 saturated heterocycles. The lowest BCUT2D eigenvalue weighted by atomic mass is 10.2. The molecule has 0 aliphatic rings. The Morgan fingerprint density at radius 3 is 2.67 bits per heavy atom. The zero-order valence-electron chi connectivity index (χ0n) is 10.3. The monoisotopic (exact) mass is 310 g/mol. The minimum absolute atomic E-state index is 0.111. The first-order valence-corrected chi connectivity index (χ1v) is 6.58. The molecule has 0 radical (unpaired) electrons. The highest BCUT2D eigenvalue weighted by Gasteiger charge is 2.23. The summed E-state index contributed by atoms with van der Waals surface area (Å²) < 4.78 is 2.44. The van der Waals surface area contributed by atoms with Gasteiger partial charge in [0.05, 0.1) is 5.69 Å². The molecule has 2 aromatic heterocycles. The van der Waals surface area contributed by atoms with Crippen molar-refractivity contribution >= 4 is 15.9 Å². The minimum Gasteiger partial charge on any atom is -0.302 e. The van der Waals surface area contributed by atoms with Gasteiger partial charge in [-0.05, 0) is 35.0 Å². The Labute approximate surface area is 114 Å². The number of hydrogen-bond donors (Lipinski definition) is 1. The second kappa shape index (κ2) is 6.01. The van der Waals surface area contributed by atoms with Gasteiger partial charge in [-0.15, -0.1) is 5.10 Å². The van der Waals surface area contributed by atoms with E-state index < -0.39 is 0 Å². The van der Waals surface area contributed by atoms with Gasteiger partial charge in [-0.25, -0.2) is 14.6 Å². The largest absolute Gasteiger partial charge is 0.302 e. The fraction of sp³-hybridized carbons (Fsp3) is 0.455. The smallest absolute Gasteiger partial charge is 0.153 e. The molecule has 0 fully saturated rings. The van der Waals surface area contributed by atoms with Crippen LogP contribution in [0.1, 0.15) is 30.9 Å². The Morgan fingerprint density at radius 2 is 2.11 bits per heavy atom. The average molecular weight is 311 g/mol. The van der Waals surface area contributed by atoms with Crippen molar-refractivity contribution in [1.82, 2.24) is 30.3 Å². The van der Waals surface area contributed by atoms with Crippen molar-refractivity contribution in [3.8, 4) is 0 Å². The summed E-state index contributed by atoms with van der Waals surface area (Å²) >= 11 is 3.42. The van der Waals surface area contributed by atoms with Crippen molar-refractivity contribution in [2.24, 2.45) is 7.05 Å². The first-order valence-electron chi connectivity index (χ1n) is 5.79. The number of aryl methyl sites for hydroxylation is 1. The van der Waals surface area contributed by atoms with Crippen molar-refractivity contribution in [3.63, 3.8) is 0 Å². The molecule has 2 rings (SSSR count). The summed E-state index contributed by atoms with van der Waals surface area (Å²) in [6.45, 7) is 2.99. The third-order valence-electron chi connectivity index (χ3n) is 2.54. The number of hydrogen-bond acceptors (Lipinski definition) is 5. The highest BCUT2D eigenvalue weighted by atomic mass is 79.9. The molecule has 1 atom stereocenters. The van der Waals surface area contributed by atoms with E-state index in [1.54, 1.807) is 23.1 Å². The predicted octanol–water partition coefficient (Wildman–Crippen LogP) is 1.46. The van der Waals surface area contributed by atoms with E-state index in [0.29, 0.717) is 4.60 Å². The van der Waals surface area contributed by atoms with Gasteiger partial charge in [0.1, 0.15) is 6.04 Å². The maximum absolute atomic E-state index is 4.31. The van der Waals surface area contributed by atoms with Gasteiger partial charge in [-0.3, -0.25) is 0 Å². The summed E-state index contributed by atoms with van der Waals surface area (Å²) in [5, 5.41) is 11.4. The maximum Gasteiger partial charge on any atom is 0.153 e. The van der Waals surface area contributed by atoms with Crippen molar-refractivity contribution < 1.29 is 0 Å². The van der Waals surface area contributed by atoms with Crippen molar-refractivity contribution in [2.45, 2.75) is 19.4 Å². The molecule has 0 amide bonds. The zero-order valence-corrected chi connectivity index (χ0v) is 11.9. The molecule has 0 saturated carbocycles. The first kappa shape index (κ1) is 13.1. The molecule has 0 bridgehead atoms. The molecule has 1 N–H and O–H groups in total. The molecule has 0 aliphatic carbocycles. The van der Waals surface area contributed by atoms with Gasteiger partial charge in [0.15, 0.2) is 10.4 Å². The third-order valence-corrected chi connectivity index (χ3v) is 3.11. The average Bonchev–Trinajstić information content (AvgIpc) is 2.72. The van der Waals surface area contributed by atoms with Crippen LogP contribution >= 0.6 is 15.9 Å². The lowest BCUT2D eigenvalue weighted by Gasteiger charge is -2.17. The lowest BCUT2D eigenvalue weighted by molar-refractivity contribution is 0.528. The fourth-order valence-corrected chi connectivity index (χ4v) is 2.26. The van der Waals surface area contributed by atoms with Crippen LogP contribution in [0, 0.1) is 0 Å². The number of nitrogens with zero attached hydrogens (tertiary/aromatic N) is 5. The first-order chi connectivity index (χ1) is 8.74. The molecule has 0 aromatic carbocycles. The Balaban J connectivity index is 2.37. The Kier molecular flexibility index (Phi) is 4.38. The van der Waals surface area contributed by atoms with Gasteiger partial charge in [0, 0.05) is 19.4 Å². The number of rotatable bonds is 5. The Bertz CT molecular complexity index is 478. The fourth-order valence-electron chi connectivity index (χ4n) is 1.70. The molecular formula is C11H15BrN6. The number of aromatic nitrogens is 5. The topological polar surface area (TPSA) is 68.5 Å². The molecule has 0 aliphatic heterocycles. The summed E-state index contributed by atoms with van der Waals surface area (Å²) in [6.07, 6.45) is 4.51. The standard InChI is InChI=1S/C11H15BrN6/c1-3-5-13-8(11-14-6-4-7-15-11)9-10(12)16-17-18(9)2/h4,6-8,13H,3,5H2,1-2H3. The van der Waals surface area contributed by atoms with Crippen LogP contribution in [0.15, 0.2) is 23.1 Å². The van der Waals surface area contributed by atoms with Crippen LogP contribution in [0.4, 0.5) is 0 Å². The molecule has 2 heterocycles. The van der Waals surface area contributed by atoms with Crippen LogP contribution in [0.5, 0.6) is 0 Å². The van der Waals surface area contributed by atoms with Gasteiger partial charge in [0.2, 0.25) is 0 Å². The van der Waals surface area contributed by atoms with E-state index in [-0.39, 0.29) is 6.04 Å². The highest BCUT2D eigenvalue weighted by molar-refractivity contribution is 9.10. The third kappa shape index (κ3) is 2.73. The summed E-state index contributed by atoms with van der Waals surface area (Å²) in [7, 11) is 1.86. The molecule has 18 heavy (non-hydrogen) atoms. The predicted molar refractivity (Wildman–Crippen MR) is 70.9 cm³/mol. The molecular weight excluding hydrogens is 296 g/mol. The van der Waals surface area contributed by atoms with E-state index in [1.165, 1.54) is 0 Å². The van der Waals surface area contributed by atoms with Gasteiger partial charge in [-0.1, -0.05) is 12.1 Å². The Hall–Kier alpha value is -1.34. The number of halogens is 1. The molecule has 6 nitrogen and oxygen atoms in total. The lowest BCUT2D eigenvalue weighted by Crippen LogP contribution is -2.27. The Morgan fingerprint density at radius 1 is 1.39 bits per heavy atom. The molecule has 1 unspecified atom stereocenters. The van der Waals surface area contributed by atoms with Crippen LogP contribution < -0.4 is 5.32 Å². The second-order valence-electron chi connectivity index (χ2n) is 3.88. The molecule has 96 valence electrons. The van der Waals surface area contributed by atoms with Gasteiger partial charge >= 0.3 is 0 Å². The van der Waals surface area contributed by atoms with E-state index in [9.17, 15) is 0 Å². The highest BCUT2D eigenvalue weighted by Crippen LogP contribution is 2.24. The van der Waals surface area contributed by atoms with Crippen LogP contribution in [0.25, 0.3) is 0 Å². The van der Waals surface area contributed by atoms with E-state index in [1.807, 2.05) is 7.05 Å². The van der Waals surface area contributed by atoms with Crippen molar-refractivity contribution in [2.75, 3.05) is 6.54 Å². The van der Waals surface area contributed by atoms with Crippen LogP contribution in [0.3, 0.4) is 0 Å².